The number of nitrogens with zero attached hydrogens (tertiary/aromatic N) is 3. The van der Waals surface area contributed by atoms with Gasteiger partial charge in [-0.1, -0.05) is 0 Å². The van der Waals surface area contributed by atoms with Gasteiger partial charge in [0.15, 0.2) is 5.82 Å². The zero-order chi connectivity index (χ0) is 15.9. The molecule has 1 aliphatic heterocycles. The number of fused-ring (bicyclic) bond motifs is 1. The van der Waals surface area contributed by atoms with Gasteiger partial charge in [-0.05, 0) is 18.2 Å². The summed E-state index contributed by atoms with van der Waals surface area (Å²) in [7, 11) is 0. The summed E-state index contributed by atoms with van der Waals surface area (Å²) in [5.41, 5.74) is -0.510. The third-order valence-corrected chi connectivity index (χ3v) is 3.27. The first-order chi connectivity index (χ1) is 10.4. The predicted octanol–water partition coefficient (Wildman–Crippen LogP) is 2.07. The van der Waals surface area contributed by atoms with Crippen LogP contribution in [0.3, 0.4) is 0 Å². The molecule has 0 fully saturated rings. The van der Waals surface area contributed by atoms with E-state index in [0.29, 0.717) is 6.29 Å². The van der Waals surface area contributed by atoms with Gasteiger partial charge in [0, 0.05) is 5.56 Å². The molecule has 0 unspecified atom stereocenters. The monoisotopic (exact) mass is 307 g/mol. The van der Waals surface area contributed by atoms with Crippen molar-refractivity contribution in [3.8, 4) is 0 Å². The van der Waals surface area contributed by atoms with Crippen molar-refractivity contribution in [1.29, 1.82) is 0 Å². The Kier molecular flexibility index (Phi) is 3.16. The highest BCUT2D eigenvalue weighted by atomic mass is 19.3. The second-order valence-electron chi connectivity index (χ2n) is 4.68. The Labute approximate surface area is 122 Å². The highest BCUT2D eigenvalue weighted by Gasteiger charge is 2.53. The van der Waals surface area contributed by atoms with Crippen molar-refractivity contribution in [3.63, 3.8) is 0 Å². The van der Waals surface area contributed by atoms with Crippen LogP contribution in [0.1, 0.15) is 21.7 Å². The molecule has 2 heterocycles. The van der Waals surface area contributed by atoms with Gasteiger partial charge >= 0.3 is 11.8 Å². The molecule has 8 heteroatoms. The fourth-order valence-corrected chi connectivity index (χ4v) is 2.23. The van der Waals surface area contributed by atoms with Crippen LogP contribution in [-0.4, -0.2) is 22.2 Å². The summed E-state index contributed by atoms with van der Waals surface area (Å²) in [6.07, 6.45) is 2.20. The number of anilines is 1. The van der Waals surface area contributed by atoms with E-state index in [9.17, 15) is 22.8 Å². The lowest BCUT2D eigenvalue weighted by molar-refractivity contribution is -0.141. The van der Waals surface area contributed by atoms with E-state index in [-0.39, 0.29) is 23.6 Å². The van der Waals surface area contributed by atoms with Gasteiger partial charge in [-0.25, -0.2) is 14.4 Å². The summed E-state index contributed by atoms with van der Waals surface area (Å²) in [6, 6.07) is 3.58. The Hall–Kier alpha value is -2.77. The van der Waals surface area contributed by atoms with E-state index in [1.54, 1.807) is 0 Å². The van der Waals surface area contributed by atoms with Crippen molar-refractivity contribution < 1.29 is 22.8 Å². The second kappa shape index (κ2) is 4.90. The molecular weight excluding hydrogens is 299 g/mol. The molecule has 0 bridgehead atoms. The summed E-state index contributed by atoms with van der Waals surface area (Å²) < 4.78 is 40.9. The normalized spacial score (nSPS) is 15.8. The molecule has 0 saturated carbocycles. The molecule has 0 N–H and O–H groups in total. The number of rotatable bonds is 3. The number of amides is 1. The third kappa shape index (κ3) is 2.12. The summed E-state index contributed by atoms with van der Waals surface area (Å²) in [5, 5.41) is 0. The number of carbonyl (C=O) groups excluding carboxylic acids is 2. The largest absolute Gasteiger partial charge is 0.352 e. The molecule has 5 nitrogen and oxygen atoms in total. The standard InChI is InChI=1S/C14H8F3N3O2/c15-9-4-18-12(19-5-9)6-20-11-2-1-8(7-21)3-10(11)14(16,17)13(20)22/h1-5,7H,6H2. The number of hydrogen-bond acceptors (Lipinski definition) is 4. The van der Waals surface area contributed by atoms with Crippen LogP contribution in [-0.2, 0) is 17.3 Å². The topological polar surface area (TPSA) is 63.2 Å². The second-order valence-corrected chi connectivity index (χ2v) is 4.68. The number of halogens is 3. The van der Waals surface area contributed by atoms with E-state index in [0.717, 1.165) is 23.4 Å². The Morgan fingerprint density at radius 1 is 1.23 bits per heavy atom. The fourth-order valence-electron chi connectivity index (χ4n) is 2.23. The van der Waals surface area contributed by atoms with E-state index >= 15 is 0 Å². The minimum absolute atomic E-state index is 0.0199. The Morgan fingerprint density at radius 3 is 2.55 bits per heavy atom. The molecule has 2 aromatic rings. The summed E-state index contributed by atoms with van der Waals surface area (Å²) in [4.78, 5) is 30.7. The van der Waals surface area contributed by atoms with Gasteiger partial charge in [-0.2, -0.15) is 8.78 Å². The average molecular weight is 307 g/mol. The molecule has 3 rings (SSSR count). The lowest BCUT2D eigenvalue weighted by Crippen LogP contribution is -2.34. The number of benzene rings is 1. The number of aldehydes is 1. The quantitative estimate of drug-likeness (QED) is 0.814. The molecule has 1 aromatic carbocycles. The number of carbonyl (C=O) groups is 2. The van der Waals surface area contributed by atoms with E-state index in [4.69, 9.17) is 0 Å². The minimum atomic E-state index is -3.73. The third-order valence-electron chi connectivity index (χ3n) is 3.27. The summed E-state index contributed by atoms with van der Waals surface area (Å²) in [6.45, 7) is -0.317. The molecule has 0 radical (unpaired) electrons. The molecule has 1 aromatic heterocycles. The van der Waals surface area contributed by atoms with Gasteiger partial charge < -0.3 is 0 Å². The first-order valence-corrected chi connectivity index (χ1v) is 6.19. The highest BCUT2D eigenvalue weighted by Crippen LogP contribution is 2.44. The van der Waals surface area contributed by atoms with Crippen molar-refractivity contribution in [2.45, 2.75) is 12.5 Å². The van der Waals surface area contributed by atoms with Gasteiger partial charge in [-0.15, -0.1) is 0 Å². The van der Waals surface area contributed by atoms with Crippen molar-refractivity contribution in [3.05, 3.63) is 53.4 Å². The van der Waals surface area contributed by atoms with Gasteiger partial charge in [0.2, 0.25) is 0 Å². The molecule has 0 aliphatic carbocycles. The maximum atomic E-state index is 14.1. The average Bonchev–Trinajstić information content (AvgIpc) is 2.70. The Balaban J connectivity index is 2.02. The Morgan fingerprint density at radius 2 is 1.91 bits per heavy atom. The smallest absolute Gasteiger partial charge is 0.299 e. The summed E-state index contributed by atoms with van der Waals surface area (Å²) in [5.74, 6) is -5.80. The zero-order valence-electron chi connectivity index (χ0n) is 11.0. The minimum Gasteiger partial charge on any atom is -0.299 e. The SMILES string of the molecule is O=Cc1ccc2c(c1)C(F)(F)C(=O)N2Cc1ncc(F)cn1. The van der Waals surface area contributed by atoms with Crippen LogP contribution in [0.15, 0.2) is 30.6 Å². The maximum absolute atomic E-state index is 14.1. The van der Waals surface area contributed by atoms with E-state index in [1.807, 2.05) is 0 Å². The van der Waals surface area contributed by atoms with Crippen LogP contribution in [0.25, 0.3) is 0 Å². The van der Waals surface area contributed by atoms with Gasteiger partial charge in [0.05, 0.1) is 30.2 Å². The lowest BCUT2D eigenvalue weighted by Gasteiger charge is -2.16. The molecule has 0 saturated heterocycles. The van der Waals surface area contributed by atoms with Gasteiger partial charge in [0.25, 0.3) is 0 Å². The van der Waals surface area contributed by atoms with E-state index in [1.165, 1.54) is 12.1 Å². The molecular formula is C14H8F3N3O2. The van der Waals surface area contributed by atoms with Crippen LogP contribution < -0.4 is 4.90 Å². The molecule has 0 spiro atoms. The lowest BCUT2D eigenvalue weighted by atomic mass is 10.1. The molecule has 1 amide bonds. The molecule has 22 heavy (non-hydrogen) atoms. The van der Waals surface area contributed by atoms with Crippen LogP contribution in [0.5, 0.6) is 0 Å². The molecule has 112 valence electrons. The van der Waals surface area contributed by atoms with Crippen LogP contribution in [0, 0.1) is 5.82 Å². The van der Waals surface area contributed by atoms with E-state index < -0.39 is 23.2 Å². The van der Waals surface area contributed by atoms with Gasteiger partial charge in [0.1, 0.15) is 12.1 Å². The van der Waals surface area contributed by atoms with Crippen LogP contribution >= 0.6 is 0 Å². The molecule has 1 aliphatic rings. The molecule has 0 atom stereocenters. The van der Waals surface area contributed by atoms with Crippen molar-refractivity contribution in [2.75, 3.05) is 4.90 Å². The summed E-state index contributed by atoms with van der Waals surface area (Å²) >= 11 is 0. The number of alkyl halides is 2. The zero-order valence-corrected chi connectivity index (χ0v) is 11.0. The van der Waals surface area contributed by atoms with Crippen molar-refractivity contribution in [1.82, 2.24) is 9.97 Å². The first kappa shape index (κ1) is 14.2. The number of hydrogen-bond donors (Lipinski definition) is 0. The van der Waals surface area contributed by atoms with Gasteiger partial charge in [-0.3, -0.25) is 14.5 Å². The van der Waals surface area contributed by atoms with Crippen LogP contribution in [0.4, 0.5) is 18.9 Å². The Bertz CT molecular complexity index is 762. The van der Waals surface area contributed by atoms with Crippen molar-refractivity contribution in [2.24, 2.45) is 0 Å². The fraction of sp³-hybridized carbons (Fsp3) is 0.143. The van der Waals surface area contributed by atoms with E-state index in [2.05, 4.69) is 9.97 Å². The number of aromatic nitrogens is 2. The van der Waals surface area contributed by atoms with Crippen molar-refractivity contribution >= 4 is 17.9 Å². The first-order valence-electron chi connectivity index (χ1n) is 6.19. The van der Waals surface area contributed by atoms with Crippen LogP contribution in [0.2, 0.25) is 0 Å². The highest BCUT2D eigenvalue weighted by molar-refractivity contribution is 6.06. The maximum Gasteiger partial charge on any atom is 0.352 e. The predicted molar refractivity (Wildman–Crippen MR) is 68.9 cm³/mol.